The van der Waals surface area contributed by atoms with Gasteiger partial charge in [0.1, 0.15) is 0 Å². The fraction of sp³-hybridized carbons (Fsp3) is 0.286. The third-order valence-electron chi connectivity index (χ3n) is 3.00. The van der Waals surface area contributed by atoms with Gasteiger partial charge < -0.3 is 10.1 Å². The summed E-state index contributed by atoms with van der Waals surface area (Å²) in [5, 5.41) is 10.0. The molecule has 0 spiro atoms. The third-order valence-corrected chi connectivity index (χ3v) is 3.24. The number of carboxylic acid groups (broad SMARTS) is 1. The number of H-pyrrole nitrogens is 1. The second-order valence-corrected chi connectivity index (χ2v) is 5.16. The van der Waals surface area contributed by atoms with E-state index in [1.54, 1.807) is 25.3 Å². The number of carbonyl (C=O) groups is 2. The van der Waals surface area contributed by atoms with E-state index >= 15 is 0 Å². The summed E-state index contributed by atoms with van der Waals surface area (Å²) < 4.78 is 0. The number of hydrogen-bond acceptors (Lipinski definition) is 2. The normalized spacial score (nSPS) is 12.5. The molecule has 0 radical (unpaired) electrons. The molecule has 2 N–H and O–H groups in total. The van der Waals surface area contributed by atoms with Crippen LogP contribution in [0.25, 0.3) is 10.9 Å². The SMILES string of the molecule is CC(CC(=O)O)CC(=O)c1c[nH]c2ccc(Cl)cc12. The van der Waals surface area contributed by atoms with Gasteiger partial charge >= 0.3 is 5.97 Å². The summed E-state index contributed by atoms with van der Waals surface area (Å²) in [6.07, 6.45) is 1.86. The number of fused-ring (bicyclic) bond motifs is 1. The number of halogens is 1. The quantitative estimate of drug-likeness (QED) is 0.823. The molecule has 0 bridgehead atoms. The molecule has 2 rings (SSSR count). The molecule has 1 aromatic carbocycles. The van der Waals surface area contributed by atoms with E-state index in [9.17, 15) is 9.59 Å². The predicted molar refractivity (Wildman–Crippen MR) is 73.7 cm³/mol. The van der Waals surface area contributed by atoms with Crippen molar-refractivity contribution in [3.05, 3.63) is 35.0 Å². The molecule has 19 heavy (non-hydrogen) atoms. The first-order chi connectivity index (χ1) is 8.97. The van der Waals surface area contributed by atoms with Crippen LogP contribution in [0.5, 0.6) is 0 Å². The molecule has 1 heterocycles. The Hall–Kier alpha value is -1.81. The topological polar surface area (TPSA) is 70.2 Å². The zero-order valence-electron chi connectivity index (χ0n) is 10.4. The Morgan fingerprint density at radius 3 is 2.79 bits per heavy atom. The number of nitrogens with one attached hydrogen (secondary N) is 1. The van der Waals surface area contributed by atoms with E-state index in [0.29, 0.717) is 10.6 Å². The van der Waals surface area contributed by atoms with E-state index in [4.69, 9.17) is 16.7 Å². The number of aromatic amines is 1. The Balaban J connectivity index is 2.22. The fourth-order valence-electron chi connectivity index (χ4n) is 2.12. The van der Waals surface area contributed by atoms with Gasteiger partial charge in [-0.2, -0.15) is 0 Å². The van der Waals surface area contributed by atoms with E-state index in [1.165, 1.54) is 0 Å². The molecule has 1 atom stereocenters. The van der Waals surface area contributed by atoms with Crippen molar-refractivity contribution in [1.82, 2.24) is 4.98 Å². The van der Waals surface area contributed by atoms with E-state index in [1.807, 2.05) is 6.07 Å². The van der Waals surface area contributed by atoms with Crippen LogP contribution < -0.4 is 0 Å². The molecule has 0 amide bonds. The maximum atomic E-state index is 12.2. The Kier molecular flexibility index (Phi) is 3.90. The smallest absolute Gasteiger partial charge is 0.303 e. The molecule has 4 nitrogen and oxygen atoms in total. The van der Waals surface area contributed by atoms with Crippen molar-refractivity contribution >= 4 is 34.3 Å². The number of rotatable bonds is 5. The first kappa shape index (κ1) is 13.6. The minimum absolute atomic E-state index is 0.00511. The van der Waals surface area contributed by atoms with Crippen molar-refractivity contribution in [3.63, 3.8) is 0 Å². The average molecular weight is 280 g/mol. The highest BCUT2D eigenvalue weighted by Crippen LogP contribution is 2.24. The number of benzene rings is 1. The van der Waals surface area contributed by atoms with Gasteiger partial charge in [-0.3, -0.25) is 9.59 Å². The molecule has 0 aliphatic heterocycles. The number of carboxylic acids is 1. The van der Waals surface area contributed by atoms with Crippen molar-refractivity contribution in [2.24, 2.45) is 5.92 Å². The molecule has 1 aromatic heterocycles. The molecule has 0 aliphatic rings. The number of Topliss-reactive ketones (excluding diaryl/α,β-unsaturated/α-hetero) is 1. The Labute approximate surface area is 115 Å². The molecule has 0 saturated carbocycles. The number of aliphatic carboxylic acids is 1. The lowest BCUT2D eigenvalue weighted by Crippen LogP contribution is -2.10. The van der Waals surface area contributed by atoms with Crippen molar-refractivity contribution in [2.75, 3.05) is 0 Å². The Bertz CT molecular complexity index is 633. The second-order valence-electron chi connectivity index (χ2n) is 4.72. The van der Waals surface area contributed by atoms with Crippen LogP contribution in [-0.4, -0.2) is 21.8 Å². The lowest BCUT2D eigenvalue weighted by Gasteiger charge is -2.06. The summed E-state index contributed by atoms with van der Waals surface area (Å²) >= 11 is 5.92. The highest BCUT2D eigenvalue weighted by Gasteiger charge is 2.17. The highest BCUT2D eigenvalue weighted by atomic mass is 35.5. The van der Waals surface area contributed by atoms with Crippen LogP contribution in [0.2, 0.25) is 5.02 Å². The minimum atomic E-state index is -0.887. The Morgan fingerprint density at radius 2 is 2.11 bits per heavy atom. The number of ketones is 1. The van der Waals surface area contributed by atoms with E-state index < -0.39 is 5.97 Å². The summed E-state index contributed by atoms with van der Waals surface area (Å²) in [6.45, 7) is 1.76. The van der Waals surface area contributed by atoms with E-state index in [0.717, 1.165) is 10.9 Å². The van der Waals surface area contributed by atoms with Gasteiger partial charge in [-0.05, 0) is 24.1 Å². The molecule has 0 saturated heterocycles. The molecule has 2 aromatic rings. The maximum Gasteiger partial charge on any atom is 0.303 e. The van der Waals surface area contributed by atoms with Gasteiger partial charge in [0.2, 0.25) is 0 Å². The summed E-state index contributed by atoms with van der Waals surface area (Å²) in [4.78, 5) is 25.8. The van der Waals surface area contributed by atoms with Crippen molar-refractivity contribution in [3.8, 4) is 0 Å². The number of aromatic nitrogens is 1. The molecule has 1 unspecified atom stereocenters. The monoisotopic (exact) mass is 279 g/mol. The Morgan fingerprint density at radius 1 is 1.37 bits per heavy atom. The maximum absolute atomic E-state index is 12.2. The van der Waals surface area contributed by atoms with Crippen molar-refractivity contribution in [1.29, 1.82) is 0 Å². The minimum Gasteiger partial charge on any atom is -0.481 e. The van der Waals surface area contributed by atoms with Gasteiger partial charge in [-0.25, -0.2) is 0 Å². The van der Waals surface area contributed by atoms with Crippen LogP contribution in [-0.2, 0) is 4.79 Å². The average Bonchev–Trinajstić information content (AvgIpc) is 2.70. The van der Waals surface area contributed by atoms with Crippen LogP contribution in [0.4, 0.5) is 0 Å². The van der Waals surface area contributed by atoms with Crippen LogP contribution in [0.1, 0.15) is 30.1 Å². The van der Waals surface area contributed by atoms with E-state index in [2.05, 4.69) is 4.98 Å². The molecular formula is C14H14ClNO3. The summed E-state index contributed by atoms with van der Waals surface area (Å²) in [7, 11) is 0. The summed E-state index contributed by atoms with van der Waals surface area (Å²) in [5.41, 5.74) is 1.41. The van der Waals surface area contributed by atoms with Gasteiger partial charge in [-0.1, -0.05) is 18.5 Å². The first-order valence-corrected chi connectivity index (χ1v) is 6.37. The third kappa shape index (κ3) is 3.15. The fourth-order valence-corrected chi connectivity index (χ4v) is 2.29. The van der Waals surface area contributed by atoms with E-state index in [-0.39, 0.29) is 24.5 Å². The van der Waals surface area contributed by atoms with Crippen LogP contribution in [0, 0.1) is 5.92 Å². The van der Waals surface area contributed by atoms with Gasteiger partial charge in [0.05, 0.1) is 0 Å². The zero-order chi connectivity index (χ0) is 14.0. The standard InChI is InChI=1S/C14H14ClNO3/c1-8(5-14(18)19)4-13(17)11-7-16-12-3-2-9(15)6-10(11)12/h2-3,6-8,16H,4-5H2,1H3,(H,18,19). The lowest BCUT2D eigenvalue weighted by atomic mass is 9.97. The highest BCUT2D eigenvalue weighted by molar-refractivity contribution is 6.31. The molecule has 0 aliphatic carbocycles. The number of hydrogen-bond donors (Lipinski definition) is 2. The second kappa shape index (κ2) is 5.45. The zero-order valence-corrected chi connectivity index (χ0v) is 11.2. The van der Waals surface area contributed by atoms with Crippen LogP contribution in [0.15, 0.2) is 24.4 Å². The van der Waals surface area contributed by atoms with Crippen LogP contribution >= 0.6 is 11.6 Å². The van der Waals surface area contributed by atoms with Gasteiger partial charge in [0.15, 0.2) is 5.78 Å². The summed E-state index contributed by atoms with van der Waals surface area (Å²) in [5.74, 6) is -1.14. The van der Waals surface area contributed by atoms with Gasteiger partial charge in [-0.15, -0.1) is 0 Å². The lowest BCUT2D eigenvalue weighted by molar-refractivity contribution is -0.137. The molecular weight excluding hydrogens is 266 g/mol. The largest absolute Gasteiger partial charge is 0.481 e. The molecule has 100 valence electrons. The first-order valence-electron chi connectivity index (χ1n) is 5.99. The predicted octanol–water partition coefficient (Wildman–Crippen LogP) is 3.50. The van der Waals surface area contributed by atoms with Gasteiger partial charge in [0.25, 0.3) is 0 Å². The van der Waals surface area contributed by atoms with Crippen molar-refractivity contribution < 1.29 is 14.7 Å². The van der Waals surface area contributed by atoms with Crippen molar-refractivity contribution in [2.45, 2.75) is 19.8 Å². The summed E-state index contributed by atoms with van der Waals surface area (Å²) in [6, 6.07) is 5.30. The molecule has 5 heteroatoms. The van der Waals surface area contributed by atoms with Crippen LogP contribution in [0.3, 0.4) is 0 Å². The van der Waals surface area contributed by atoms with Gasteiger partial charge in [0, 0.05) is 40.5 Å². The molecule has 0 fully saturated rings. The number of carbonyl (C=O) groups excluding carboxylic acids is 1.